The first-order valence-electron chi connectivity index (χ1n) is 9.08. The lowest BCUT2D eigenvalue weighted by atomic mass is 9.72. The number of amides is 2. The minimum absolute atomic E-state index is 0.0731. The highest BCUT2D eigenvalue weighted by Gasteiger charge is 2.54. The zero-order chi connectivity index (χ0) is 20.1. The van der Waals surface area contributed by atoms with Crippen LogP contribution in [0.2, 0.25) is 0 Å². The zero-order valence-corrected chi connectivity index (χ0v) is 15.0. The van der Waals surface area contributed by atoms with E-state index in [2.05, 4.69) is 5.32 Å². The van der Waals surface area contributed by atoms with Gasteiger partial charge in [-0.25, -0.2) is 0 Å². The molecule has 3 N–H and O–H groups in total. The number of carbonyl (C=O) groups is 2. The number of hydrogen-bond acceptors (Lipinski definition) is 2. The number of primary amides is 1. The third-order valence-corrected chi connectivity index (χ3v) is 6.04. The Hall–Kier alpha value is -2.83. The van der Waals surface area contributed by atoms with Gasteiger partial charge in [-0.3, -0.25) is 9.59 Å². The van der Waals surface area contributed by atoms with Gasteiger partial charge < -0.3 is 11.1 Å². The number of carbonyl (C=O) groups excluding carboxylic acids is 2. The first kappa shape index (κ1) is 18.5. The molecule has 2 aromatic carbocycles. The molecular weight excluding hydrogens is 369 g/mol. The fourth-order valence-corrected chi connectivity index (χ4v) is 4.66. The summed E-state index contributed by atoms with van der Waals surface area (Å²) in [5.41, 5.74) is 6.91. The Bertz CT molecular complexity index is 953. The normalized spacial score (nSPS) is 23.7. The van der Waals surface area contributed by atoms with Crippen molar-refractivity contribution in [2.45, 2.75) is 31.4 Å². The van der Waals surface area contributed by atoms with Gasteiger partial charge in [0, 0.05) is 18.0 Å². The number of hydrogen-bond donors (Lipinski definition) is 2. The number of alkyl halides is 3. The van der Waals surface area contributed by atoms with Crippen molar-refractivity contribution in [2.24, 2.45) is 11.1 Å². The summed E-state index contributed by atoms with van der Waals surface area (Å²) in [6, 6.07) is 10.3. The molecule has 2 atom stereocenters. The molecule has 146 valence electrons. The van der Waals surface area contributed by atoms with Crippen molar-refractivity contribution >= 4 is 11.8 Å². The summed E-state index contributed by atoms with van der Waals surface area (Å²) < 4.78 is 38.5. The minimum Gasteiger partial charge on any atom is -0.366 e. The Morgan fingerprint density at radius 1 is 1.18 bits per heavy atom. The van der Waals surface area contributed by atoms with Crippen LogP contribution in [-0.2, 0) is 23.8 Å². The molecule has 4 rings (SSSR count). The van der Waals surface area contributed by atoms with Gasteiger partial charge in [-0.05, 0) is 54.2 Å². The van der Waals surface area contributed by atoms with Crippen molar-refractivity contribution in [1.82, 2.24) is 5.32 Å². The summed E-state index contributed by atoms with van der Waals surface area (Å²) >= 11 is 0. The van der Waals surface area contributed by atoms with Gasteiger partial charge in [0.05, 0.1) is 11.0 Å². The van der Waals surface area contributed by atoms with E-state index >= 15 is 0 Å². The Labute approximate surface area is 159 Å². The monoisotopic (exact) mass is 388 g/mol. The lowest BCUT2D eigenvalue weighted by Gasteiger charge is -2.29. The van der Waals surface area contributed by atoms with Crippen LogP contribution in [0.25, 0.3) is 0 Å². The molecule has 2 amide bonds. The second-order valence-electron chi connectivity index (χ2n) is 7.53. The van der Waals surface area contributed by atoms with E-state index in [4.69, 9.17) is 5.73 Å². The smallest absolute Gasteiger partial charge is 0.366 e. The van der Waals surface area contributed by atoms with E-state index in [1.165, 1.54) is 12.1 Å². The van der Waals surface area contributed by atoms with Gasteiger partial charge in [0.15, 0.2) is 0 Å². The van der Waals surface area contributed by atoms with Crippen molar-refractivity contribution < 1.29 is 22.8 Å². The average molecular weight is 388 g/mol. The van der Waals surface area contributed by atoms with E-state index in [0.29, 0.717) is 31.4 Å². The van der Waals surface area contributed by atoms with E-state index in [-0.39, 0.29) is 11.8 Å². The summed E-state index contributed by atoms with van der Waals surface area (Å²) in [6.07, 6.45) is -2.94. The second-order valence-corrected chi connectivity index (χ2v) is 7.53. The third kappa shape index (κ3) is 2.85. The van der Waals surface area contributed by atoms with Gasteiger partial charge in [-0.1, -0.05) is 24.3 Å². The lowest BCUT2D eigenvalue weighted by Crippen LogP contribution is -2.36. The zero-order valence-electron chi connectivity index (χ0n) is 15.0. The van der Waals surface area contributed by atoms with Crippen LogP contribution >= 0.6 is 0 Å². The van der Waals surface area contributed by atoms with Crippen molar-refractivity contribution in [1.29, 1.82) is 0 Å². The van der Waals surface area contributed by atoms with E-state index in [0.717, 1.165) is 28.8 Å². The van der Waals surface area contributed by atoms with Crippen LogP contribution in [0.15, 0.2) is 42.5 Å². The molecule has 0 radical (unpaired) electrons. The number of fused-ring (bicyclic) bond motifs is 1. The maximum atomic E-state index is 12.8. The van der Waals surface area contributed by atoms with Gasteiger partial charge in [-0.2, -0.15) is 13.2 Å². The van der Waals surface area contributed by atoms with Crippen LogP contribution in [0.4, 0.5) is 13.2 Å². The first-order valence-corrected chi connectivity index (χ1v) is 9.08. The fourth-order valence-electron chi connectivity index (χ4n) is 4.66. The van der Waals surface area contributed by atoms with E-state index in [9.17, 15) is 22.8 Å². The van der Waals surface area contributed by atoms with Crippen molar-refractivity contribution in [3.63, 3.8) is 0 Å². The second kappa shape index (κ2) is 6.36. The summed E-state index contributed by atoms with van der Waals surface area (Å²) in [7, 11) is 0. The Kier molecular flexibility index (Phi) is 4.21. The molecular formula is C21H19F3N2O2. The molecule has 28 heavy (non-hydrogen) atoms. The van der Waals surface area contributed by atoms with Crippen molar-refractivity contribution in [3.05, 3.63) is 70.3 Å². The third-order valence-electron chi connectivity index (χ3n) is 6.04. The largest absolute Gasteiger partial charge is 0.416 e. The molecule has 2 aromatic rings. The first-order chi connectivity index (χ1) is 13.2. The molecule has 0 aromatic heterocycles. The topological polar surface area (TPSA) is 72.2 Å². The van der Waals surface area contributed by atoms with Gasteiger partial charge in [0.2, 0.25) is 11.8 Å². The highest BCUT2D eigenvalue weighted by Crippen LogP contribution is 2.53. The van der Waals surface area contributed by atoms with Crippen LogP contribution in [0.5, 0.6) is 0 Å². The number of rotatable bonds is 3. The van der Waals surface area contributed by atoms with Crippen molar-refractivity contribution in [2.75, 3.05) is 6.54 Å². The maximum Gasteiger partial charge on any atom is 0.416 e. The van der Waals surface area contributed by atoms with E-state index in [1.807, 2.05) is 6.07 Å². The van der Waals surface area contributed by atoms with Crippen LogP contribution in [0, 0.1) is 5.41 Å². The molecule has 2 aliphatic rings. The molecule has 0 saturated carbocycles. The molecule has 1 aliphatic heterocycles. The highest BCUT2D eigenvalue weighted by molar-refractivity contribution is 5.96. The Morgan fingerprint density at radius 2 is 1.89 bits per heavy atom. The quantitative estimate of drug-likeness (QED) is 0.848. The van der Waals surface area contributed by atoms with Crippen LogP contribution in [-0.4, -0.2) is 18.4 Å². The predicted octanol–water partition coefficient (Wildman–Crippen LogP) is 3.19. The molecule has 0 bridgehead atoms. The van der Waals surface area contributed by atoms with Crippen LogP contribution in [0.1, 0.15) is 45.0 Å². The number of nitrogens with one attached hydrogen (secondary N) is 1. The average Bonchev–Trinajstić information content (AvgIpc) is 3.16. The molecule has 1 fully saturated rings. The summed E-state index contributed by atoms with van der Waals surface area (Å²) in [4.78, 5) is 24.6. The molecule has 1 spiro atoms. The Balaban J connectivity index is 1.75. The van der Waals surface area contributed by atoms with Crippen LogP contribution < -0.4 is 11.1 Å². The van der Waals surface area contributed by atoms with Gasteiger partial charge in [0.25, 0.3) is 0 Å². The van der Waals surface area contributed by atoms with Gasteiger partial charge >= 0.3 is 6.18 Å². The SMILES string of the molecule is NC(=O)c1cccc2c1CC1(CCNC1=O)C2Cc1ccc(C(F)(F)F)cc1. The van der Waals surface area contributed by atoms with Gasteiger partial charge in [-0.15, -0.1) is 0 Å². The lowest BCUT2D eigenvalue weighted by molar-refractivity contribution is -0.137. The summed E-state index contributed by atoms with van der Waals surface area (Å²) in [5.74, 6) is -0.836. The molecule has 1 saturated heterocycles. The standard InChI is InChI=1S/C21H19F3N2O2/c22-21(23,24)13-6-4-12(5-7-13)10-17-14-2-1-3-15(18(25)27)16(14)11-20(17)8-9-26-19(20)28/h1-7,17H,8-11H2,(H2,25,27)(H,26,28). The fraction of sp³-hybridized carbons (Fsp3) is 0.333. The molecule has 7 heteroatoms. The number of halogens is 3. The summed E-state index contributed by atoms with van der Waals surface area (Å²) in [5, 5.41) is 2.88. The summed E-state index contributed by atoms with van der Waals surface area (Å²) in [6.45, 7) is 0.544. The Morgan fingerprint density at radius 3 is 2.46 bits per heavy atom. The van der Waals surface area contributed by atoms with Gasteiger partial charge in [0.1, 0.15) is 0 Å². The van der Waals surface area contributed by atoms with E-state index < -0.39 is 23.1 Å². The molecule has 2 unspecified atom stereocenters. The van der Waals surface area contributed by atoms with E-state index in [1.54, 1.807) is 12.1 Å². The minimum atomic E-state index is -4.39. The maximum absolute atomic E-state index is 12.8. The predicted molar refractivity (Wildman–Crippen MR) is 96.6 cm³/mol. The van der Waals surface area contributed by atoms with Crippen molar-refractivity contribution in [3.8, 4) is 0 Å². The highest BCUT2D eigenvalue weighted by atomic mass is 19.4. The van der Waals surface area contributed by atoms with Crippen LogP contribution in [0.3, 0.4) is 0 Å². The molecule has 1 heterocycles. The number of nitrogens with two attached hydrogens (primary N) is 1. The molecule has 1 aliphatic carbocycles. The molecule has 4 nitrogen and oxygen atoms in total. The number of benzene rings is 2.